The van der Waals surface area contributed by atoms with Gasteiger partial charge in [-0.25, -0.2) is 0 Å². The lowest BCUT2D eigenvalue weighted by Gasteiger charge is -2.15. The lowest BCUT2D eigenvalue weighted by molar-refractivity contribution is -0.122. The Morgan fingerprint density at radius 2 is 1.96 bits per heavy atom. The first-order valence-corrected chi connectivity index (χ1v) is 7.82. The van der Waals surface area contributed by atoms with E-state index in [0.29, 0.717) is 5.76 Å². The number of ketones is 1. The Bertz CT molecular complexity index is 793. The molecule has 0 amide bonds. The van der Waals surface area contributed by atoms with Crippen molar-refractivity contribution in [2.24, 2.45) is 5.92 Å². The van der Waals surface area contributed by atoms with Gasteiger partial charge in [0, 0.05) is 5.70 Å². The number of nitriles is 1. The standard InChI is InChI=1S/C12H10N2O2.C7H6/c13-7-14-9-4-1-3-8(9)12(15)11(14)10-5-2-6-16-10;1-2-4-7-5-6(7)3-1/h2,4-6,8,11H,1,3H2;1-4H,5H2. The van der Waals surface area contributed by atoms with Crippen molar-refractivity contribution in [1.29, 1.82) is 5.26 Å². The number of carbonyl (C=O) groups excluding carboxylic acids is 1. The second kappa shape index (κ2) is 5.44. The number of furan rings is 1. The smallest absolute Gasteiger partial charge is 0.185 e. The maximum atomic E-state index is 12.2. The van der Waals surface area contributed by atoms with E-state index in [1.807, 2.05) is 6.08 Å². The molecule has 4 heteroatoms. The Morgan fingerprint density at radius 3 is 2.57 bits per heavy atom. The molecule has 23 heavy (non-hydrogen) atoms. The molecular formula is C19H16N2O2. The van der Waals surface area contributed by atoms with Crippen molar-refractivity contribution in [3.05, 3.63) is 71.3 Å². The lowest BCUT2D eigenvalue weighted by Crippen LogP contribution is -2.19. The van der Waals surface area contributed by atoms with Gasteiger partial charge in [0.1, 0.15) is 5.76 Å². The van der Waals surface area contributed by atoms with E-state index in [1.165, 1.54) is 28.7 Å². The minimum atomic E-state index is -0.545. The number of benzene rings is 1. The lowest BCUT2D eigenvalue weighted by atomic mass is 10.0. The normalized spacial score (nSPS) is 23.3. The van der Waals surface area contributed by atoms with Crippen molar-refractivity contribution in [1.82, 2.24) is 4.90 Å². The summed E-state index contributed by atoms with van der Waals surface area (Å²) >= 11 is 0. The minimum absolute atomic E-state index is 0.0836. The van der Waals surface area contributed by atoms with Crippen LogP contribution in [-0.2, 0) is 11.2 Å². The number of carbonyl (C=O) groups is 1. The molecule has 0 spiro atoms. The third kappa shape index (κ3) is 2.35. The van der Waals surface area contributed by atoms with Crippen LogP contribution >= 0.6 is 0 Å². The van der Waals surface area contributed by atoms with E-state index >= 15 is 0 Å². The van der Waals surface area contributed by atoms with Gasteiger partial charge in [0.2, 0.25) is 0 Å². The molecule has 1 aromatic carbocycles. The first-order valence-electron chi connectivity index (χ1n) is 7.82. The number of rotatable bonds is 1. The van der Waals surface area contributed by atoms with Gasteiger partial charge >= 0.3 is 0 Å². The second-order valence-corrected chi connectivity index (χ2v) is 5.99. The van der Waals surface area contributed by atoms with Gasteiger partial charge in [0.15, 0.2) is 18.0 Å². The zero-order chi connectivity index (χ0) is 15.8. The summed E-state index contributed by atoms with van der Waals surface area (Å²) in [6.07, 6.45) is 8.55. The molecule has 1 aliphatic heterocycles. The summed E-state index contributed by atoms with van der Waals surface area (Å²) in [5, 5.41) is 9.14. The third-order valence-corrected chi connectivity index (χ3v) is 4.61. The quantitative estimate of drug-likeness (QED) is 0.645. The first-order chi connectivity index (χ1) is 11.3. The van der Waals surface area contributed by atoms with E-state index < -0.39 is 6.04 Å². The number of hydrogen-bond donors (Lipinski definition) is 0. The number of hydrogen-bond acceptors (Lipinski definition) is 4. The number of likely N-dealkylation sites (tertiary alicyclic amines) is 1. The Hall–Kier alpha value is -2.80. The van der Waals surface area contributed by atoms with Crippen molar-refractivity contribution in [2.45, 2.75) is 25.3 Å². The number of Topliss-reactive ketones (excluding diaryl/α,β-unsaturated/α-hetero) is 1. The fourth-order valence-electron chi connectivity index (χ4n) is 3.38. The van der Waals surface area contributed by atoms with Crippen LogP contribution in [0.4, 0.5) is 0 Å². The maximum absolute atomic E-state index is 12.2. The van der Waals surface area contributed by atoms with E-state index in [-0.39, 0.29) is 11.7 Å². The van der Waals surface area contributed by atoms with E-state index in [2.05, 4.69) is 30.5 Å². The summed E-state index contributed by atoms with van der Waals surface area (Å²) in [6.45, 7) is 0. The molecular weight excluding hydrogens is 288 g/mol. The first kappa shape index (κ1) is 13.8. The van der Waals surface area contributed by atoms with Crippen LogP contribution in [0.3, 0.4) is 0 Å². The molecule has 1 fully saturated rings. The van der Waals surface area contributed by atoms with Crippen LogP contribution in [0.1, 0.15) is 35.8 Å². The van der Waals surface area contributed by atoms with Gasteiger partial charge in [0.05, 0.1) is 12.2 Å². The van der Waals surface area contributed by atoms with E-state index in [0.717, 1.165) is 18.5 Å². The Morgan fingerprint density at radius 1 is 1.17 bits per heavy atom. The molecule has 2 unspecified atom stereocenters. The zero-order valence-corrected chi connectivity index (χ0v) is 12.6. The van der Waals surface area contributed by atoms with Gasteiger partial charge in [-0.3, -0.25) is 9.69 Å². The van der Waals surface area contributed by atoms with Gasteiger partial charge in [-0.1, -0.05) is 30.3 Å². The molecule has 2 aliphatic carbocycles. The molecule has 1 saturated heterocycles. The van der Waals surface area contributed by atoms with Crippen molar-refractivity contribution in [2.75, 3.05) is 0 Å². The monoisotopic (exact) mass is 304 g/mol. The zero-order valence-electron chi connectivity index (χ0n) is 12.6. The summed E-state index contributed by atoms with van der Waals surface area (Å²) in [5.74, 6) is 0.539. The van der Waals surface area contributed by atoms with Crippen LogP contribution in [0, 0.1) is 17.4 Å². The minimum Gasteiger partial charge on any atom is -0.467 e. The van der Waals surface area contributed by atoms with Crippen LogP contribution < -0.4 is 0 Å². The molecule has 2 heterocycles. The fraction of sp³-hybridized carbons (Fsp3) is 0.263. The highest BCUT2D eigenvalue weighted by Crippen LogP contribution is 2.44. The van der Waals surface area contributed by atoms with Crippen molar-refractivity contribution in [3.63, 3.8) is 0 Å². The molecule has 4 nitrogen and oxygen atoms in total. The van der Waals surface area contributed by atoms with Crippen LogP contribution in [0.5, 0.6) is 0 Å². The molecule has 0 saturated carbocycles. The molecule has 114 valence electrons. The van der Waals surface area contributed by atoms with E-state index in [9.17, 15) is 4.79 Å². The van der Waals surface area contributed by atoms with Crippen molar-refractivity contribution in [3.8, 4) is 6.19 Å². The van der Waals surface area contributed by atoms with Gasteiger partial charge in [-0.2, -0.15) is 5.26 Å². The average molecular weight is 304 g/mol. The number of fused-ring (bicyclic) bond motifs is 2. The van der Waals surface area contributed by atoms with Gasteiger partial charge in [-0.15, -0.1) is 0 Å². The Kier molecular flexibility index (Phi) is 3.27. The summed E-state index contributed by atoms with van der Waals surface area (Å²) in [5.41, 5.74) is 3.92. The van der Waals surface area contributed by atoms with Gasteiger partial charge in [-0.05, 0) is 42.5 Å². The number of nitrogens with zero attached hydrogens (tertiary/aromatic N) is 2. The largest absolute Gasteiger partial charge is 0.467 e. The fourth-order valence-corrected chi connectivity index (χ4v) is 3.38. The predicted molar refractivity (Wildman–Crippen MR) is 84.0 cm³/mol. The van der Waals surface area contributed by atoms with Crippen LogP contribution in [-0.4, -0.2) is 10.7 Å². The molecule has 5 rings (SSSR count). The van der Waals surface area contributed by atoms with Crippen molar-refractivity contribution >= 4 is 5.78 Å². The molecule has 2 atom stereocenters. The Labute approximate surface area is 134 Å². The number of allylic oxidation sites excluding steroid dienone is 2. The molecule has 3 aliphatic rings. The van der Waals surface area contributed by atoms with Crippen LogP contribution in [0.15, 0.2) is 58.9 Å². The summed E-state index contributed by atoms with van der Waals surface area (Å²) in [6, 6.07) is 11.5. The van der Waals surface area contributed by atoms with E-state index in [4.69, 9.17) is 9.68 Å². The maximum Gasteiger partial charge on any atom is 0.185 e. The van der Waals surface area contributed by atoms with Gasteiger partial charge < -0.3 is 4.42 Å². The van der Waals surface area contributed by atoms with E-state index in [1.54, 1.807) is 12.1 Å². The topological polar surface area (TPSA) is 57.2 Å². The van der Waals surface area contributed by atoms with Crippen molar-refractivity contribution < 1.29 is 9.21 Å². The molecule has 0 N–H and O–H groups in total. The molecule has 2 aromatic rings. The molecule has 1 aromatic heterocycles. The third-order valence-electron chi connectivity index (χ3n) is 4.61. The highest BCUT2D eigenvalue weighted by molar-refractivity contribution is 5.93. The Balaban J connectivity index is 0.000000160. The summed E-state index contributed by atoms with van der Waals surface area (Å²) in [7, 11) is 0. The van der Waals surface area contributed by atoms with Gasteiger partial charge in [0.25, 0.3) is 0 Å². The van der Waals surface area contributed by atoms with Crippen LogP contribution in [0.2, 0.25) is 0 Å². The summed E-state index contributed by atoms with van der Waals surface area (Å²) in [4.78, 5) is 13.6. The molecule has 0 bridgehead atoms. The highest BCUT2D eigenvalue weighted by Gasteiger charge is 2.47. The second-order valence-electron chi connectivity index (χ2n) is 5.99. The average Bonchev–Trinajstić information content (AvgIpc) is 2.94. The predicted octanol–water partition coefficient (Wildman–Crippen LogP) is 3.57. The summed E-state index contributed by atoms with van der Waals surface area (Å²) < 4.78 is 5.24. The highest BCUT2D eigenvalue weighted by atomic mass is 16.3. The SMILES string of the molecule is N#CN1C2=CCCC2C(=O)C1c1ccco1.c1ccc2c(c1)C2. The molecule has 0 radical (unpaired) electrons. The van der Waals surface area contributed by atoms with Crippen LogP contribution in [0.25, 0.3) is 0 Å².